The highest BCUT2D eigenvalue weighted by Gasteiger charge is 2.57. The first kappa shape index (κ1) is 28.1. The van der Waals surface area contributed by atoms with Gasteiger partial charge in [-0.2, -0.15) is 0 Å². The minimum atomic E-state index is -2.93. The maximum atomic E-state index is 14.4. The molecule has 2 aliphatic heterocycles. The van der Waals surface area contributed by atoms with Crippen LogP contribution >= 0.6 is 0 Å². The van der Waals surface area contributed by atoms with Crippen molar-refractivity contribution in [3.8, 4) is 0 Å². The van der Waals surface area contributed by atoms with Gasteiger partial charge in [-0.15, -0.1) is 0 Å². The average Bonchev–Trinajstić information content (AvgIpc) is 3.59. The van der Waals surface area contributed by atoms with E-state index < -0.39 is 51.0 Å². The van der Waals surface area contributed by atoms with Crippen molar-refractivity contribution in [1.29, 1.82) is 0 Å². The summed E-state index contributed by atoms with van der Waals surface area (Å²) in [5, 5.41) is 1.95. The van der Waals surface area contributed by atoms with Gasteiger partial charge >= 0.3 is 5.97 Å². The minimum Gasteiger partial charge on any atom is -0.429 e. The number of rotatable bonds is 8. The van der Waals surface area contributed by atoms with Crippen LogP contribution in [0.15, 0.2) is 115 Å². The van der Waals surface area contributed by atoms with Crippen LogP contribution in [-0.4, -0.2) is 45.5 Å². The van der Waals surface area contributed by atoms with Crippen molar-refractivity contribution in [3.05, 3.63) is 132 Å². The highest BCUT2D eigenvalue weighted by Crippen LogP contribution is 2.42. The molecule has 2 aliphatic rings. The van der Waals surface area contributed by atoms with Crippen molar-refractivity contribution in [2.24, 2.45) is 0 Å². The summed E-state index contributed by atoms with van der Waals surface area (Å²) < 4.78 is 54.6. The molecular formula is C35H35FO6Si. The molecule has 0 amide bonds. The van der Waals surface area contributed by atoms with Crippen LogP contribution in [0.4, 0.5) is 4.39 Å². The molecule has 4 aromatic rings. The van der Waals surface area contributed by atoms with Gasteiger partial charge in [0.1, 0.15) is 18.0 Å². The van der Waals surface area contributed by atoms with Gasteiger partial charge in [-0.3, -0.25) is 0 Å². The molecule has 0 bridgehead atoms. The van der Waals surface area contributed by atoms with Gasteiger partial charge in [0.25, 0.3) is 8.32 Å². The summed E-state index contributed by atoms with van der Waals surface area (Å²) in [6, 6.07) is 33.4. The summed E-state index contributed by atoms with van der Waals surface area (Å²) in [5.74, 6) is -1.56. The number of carbonyl (C=O) groups excluding carboxylic acids is 1. The zero-order valence-corrected chi connectivity index (χ0v) is 25.3. The van der Waals surface area contributed by atoms with Gasteiger partial charge in [0.15, 0.2) is 12.4 Å². The second kappa shape index (κ2) is 12.1. The molecule has 43 heavy (non-hydrogen) atoms. The molecule has 2 saturated heterocycles. The summed E-state index contributed by atoms with van der Waals surface area (Å²) >= 11 is 0. The van der Waals surface area contributed by atoms with E-state index >= 15 is 0 Å². The summed E-state index contributed by atoms with van der Waals surface area (Å²) in [4.78, 5) is 13.0. The standard InChI is InChI=1S/C35H35FO6Si/c1-35(2,3)43(25-17-9-5-10-18-25,26-19-11-6-12-20-26)38-23-29-30-31(41-33(40-30)24-15-7-4-8-16-24)34(39-29)42-32(37)27-21-13-14-22-28(27)36/h4-22,29-31,33-34H,23H2,1-3H3/t29-,30-,31-,33-,34-/m1/s1/i15D. The maximum absolute atomic E-state index is 14.4. The normalized spacial score (nSPS) is 23.9. The maximum Gasteiger partial charge on any atom is 0.343 e. The van der Waals surface area contributed by atoms with E-state index in [1.165, 1.54) is 18.2 Å². The molecule has 4 aromatic carbocycles. The Balaban J connectivity index is 1.33. The highest BCUT2D eigenvalue weighted by molar-refractivity contribution is 6.99. The molecule has 0 saturated carbocycles. The number of hydrogen-bond acceptors (Lipinski definition) is 6. The topological polar surface area (TPSA) is 63.2 Å². The molecule has 0 unspecified atom stereocenters. The van der Waals surface area contributed by atoms with Crippen LogP contribution in [0.1, 0.15) is 44.4 Å². The van der Waals surface area contributed by atoms with Gasteiger partial charge < -0.3 is 23.4 Å². The van der Waals surface area contributed by atoms with Crippen LogP contribution in [0.3, 0.4) is 0 Å². The number of esters is 1. The molecule has 2 fully saturated rings. The quantitative estimate of drug-likeness (QED) is 0.189. The summed E-state index contributed by atoms with van der Waals surface area (Å²) in [5.41, 5.74) is 0.347. The lowest BCUT2D eigenvalue weighted by Gasteiger charge is -2.43. The van der Waals surface area contributed by atoms with E-state index in [1.54, 1.807) is 24.3 Å². The monoisotopic (exact) mass is 599 g/mol. The lowest BCUT2D eigenvalue weighted by molar-refractivity contribution is -0.191. The Morgan fingerprint density at radius 1 is 0.814 bits per heavy atom. The number of halogens is 1. The van der Waals surface area contributed by atoms with E-state index in [1.807, 2.05) is 42.5 Å². The van der Waals surface area contributed by atoms with Crippen molar-refractivity contribution in [1.82, 2.24) is 0 Å². The van der Waals surface area contributed by atoms with Gasteiger partial charge in [-0.1, -0.05) is 124 Å². The Labute approximate surface area is 253 Å². The Kier molecular flexibility index (Phi) is 7.94. The summed E-state index contributed by atoms with van der Waals surface area (Å²) in [6.07, 6.45) is -4.21. The fourth-order valence-electron chi connectivity index (χ4n) is 6.01. The van der Waals surface area contributed by atoms with Gasteiger partial charge in [0, 0.05) is 5.56 Å². The molecule has 222 valence electrons. The van der Waals surface area contributed by atoms with Gasteiger partial charge in [0.05, 0.1) is 13.5 Å². The zero-order valence-electron chi connectivity index (χ0n) is 25.3. The third kappa shape index (κ3) is 5.69. The molecule has 0 spiro atoms. The molecule has 0 aromatic heterocycles. The molecule has 0 aliphatic carbocycles. The number of ether oxygens (including phenoxy) is 4. The molecule has 6 rings (SSSR count). The third-order valence-corrected chi connectivity index (χ3v) is 13.0. The van der Waals surface area contributed by atoms with Crippen LogP contribution < -0.4 is 10.4 Å². The van der Waals surface area contributed by atoms with Gasteiger partial charge in [-0.25, -0.2) is 9.18 Å². The first-order valence-corrected chi connectivity index (χ1v) is 16.3. The third-order valence-electron chi connectivity index (χ3n) is 8.01. The van der Waals surface area contributed by atoms with Crippen LogP contribution in [0.5, 0.6) is 0 Å². The molecule has 5 atom stereocenters. The Morgan fingerprint density at radius 3 is 2.02 bits per heavy atom. The molecule has 2 heterocycles. The number of carbonyl (C=O) groups is 1. The molecule has 8 heteroatoms. The van der Waals surface area contributed by atoms with Crippen LogP contribution in [0.25, 0.3) is 0 Å². The van der Waals surface area contributed by atoms with E-state index in [0.29, 0.717) is 5.56 Å². The first-order valence-electron chi connectivity index (χ1n) is 14.9. The van der Waals surface area contributed by atoms with Gasteiger partial charge in [0.2, 0.25) is 6.29 Å². The molecule has 0 radical (unpaired) electrons. The average molecular weight is 600 g/mol. The van der Waals surface area contributed by atoms with Gasteiger partial charge in [-0.05, 0) is 27.5 Å². The highest BCUT2D eigenvalue weighted by atomic mass is 28.4. The predicted octanol–water partition coefficient (Wildman–Crippen LogP) is 5.77. The van der Waals surface area contributed by atoms with Crippen LogP contribution in [-0.2, 0) is 23.4 Å². The van der Waals surface area contributed by atoms with Crippen molar-refractivity contribution < 1.29 is 33.9 Å². The van der Waals surface area contributed by atoms with E-state index in [9.17, 15) is 9.18 Å². The molecule has 6 nitrogen and oxygen atoms in total. The second-order valence-electron chi connectivity index (χ2n) is 11.8. The lowest BCUT2D eigenvalue weighted by Crippen LogP contribution is -2.67. The SMILES string of the molecule is [2H]c1ccccc1[C@H]1O[C@H]2[C@@H](OC(=O)c3ccccc3F)O[C@H](CO[Si](c3ccccc3)(c3ccccc3)C(C)(C)C)[C@H]2O1. The predicted molar refractivity (Wildman–Crippen MR) is 163 cm³/mol. The van der Waals surface area contributed by atoms with E-state index in [2.05, 4.69) is 45.0 Å². The number of hydrogen-bond donors (Lipinski definition) is 0. The van der Waals surface area contributed by atoms with Crippen LogP contribution in [0.2, 0.25) is 5.04 Å². The van der Waals surface area contributed by atoms with Crippen molar-refractivity contribution >= 4 is 24.7 Å². The first-order chi connectivity index (χ1) is 21.2. The Hall–Kier alpha value is -3.66. The Bertz CT molecular complexity index is 1560. The largest absolute Gasteiger partial charge is 0.429 e. The van der Waals surface area contributed by atoms with E-state index in [-0.39, 0.29) is 23.3 Å². The molecular weight excluding hydrogens is 563 g/mol. The summed E-state index contributed by atoms with van der Waals surface area (Å²) in [6.45, 7) is 6.69. The number of fused-ring (bicyclic) bond motifs is 1. The van der Waals surface area contributed by atoms with E-state index in [0.717, 1.165) is 10.4 Å². The second-order valence-corrected chi connectivity index (χ2v) is 16.1. The lowest BCUT2D eigenvalue weighted by atomic mass is 10.1. The Morgan fingerprint density at radius 2 is 1.40 bits per heavy atom. The van der Waals surface area contributed by atoms with Crippen molar-refractivity contribution in [3.63, 3.8) is 0 Å². The van der Waals surface area contributed by atoms with Crippen molar-refractivity contribution in [2.75, 3.05) is 6.61 Å². The van der Waals surface area contributed by atoms with E-state index in [4.69, 9.17) is 24.7 Å². The van der Waals surface area contributed by atoms with Crippen LogP contribution in [0, 0.1) is 5.82 Å². The minimum absolute atomic E-state index is 0.126. The fraction of sp³-hybridized carbons (Fsp3) is 0.286. The molecule has 0 N–H and O–H groups in total. The summed E-state index contributed by atoms with van der Waals surface area (Å²) in [7, 11) is -2.93. The fourth-order valence-corrected chi connectivity index (χ4v) is 10.6. The number of benzene rings is 4. The van der Waals surface area contributed by atoms with Crippen molar-refractivity contribution in [2.45, 2.75) is 56.7 Å². The zero-order chi connectivity index (χ0) is 30.9. The smallest absolute Gasteiger partial charge is 0.343 e.